The van der Waals surface area contributed by atoms with Crippen LogP contribution in [0.1, 0.15) is 15.9 Å². The SMILES string of the molecule is CNC(=O)c1cccc(CCNC(=NCC(=O)N(C)C)NCCOC)c1.I. The molecule has 0 aliphatic rings. The number of benzene rings is 1. The number of amides is 2. The van der Waals surface area contributed by atoms with Crippen molar-refractivity contribution in [1.82, 2.24) is 20.9 Å². The van der Waals surface area contributed by atoms with Gasteiger partial charge in [0.1, 0.15) is 6.54 Å². The van der Waals surface area contributed by atoms with Crippen LogP contribution in [0.4, 0.5) is 0 Å². The molecule has 3 N–H and O–H groups in total. The van der Waals surface area contributed by atoms with Crippen LogP contribution in [-0.2, 0) is 16.0 Å². The van der Waals surface area contributed by atoms with E-state index in [0.717, 1.165) is 12.0 Å². The molecule has 0 aliphatic carbocycles. The number of likely N-dealkylation sites (N-methyl/N-ethyl adjacent to an activating group) is 1. The van der Waals surface area contributed by atoms with Crippen LogP contribution in [0.25, 0.3) is 0 Å². The molecule has 0 radical (unpaired) electrons. The third-order valence-electron chi connectivity index (χ3n) is 3.59. The van der Waals surface area contributed by atoms with Gasteiger partial charge in [0.2, 0.25) is 5.91 Å². The molecule has 0 heterocycles. The number of methoxy groups -OCH3 is 1. The fourth-order valence-electron chi connectivity index (χ4n) is 2.07. The van der Waals surface area contributed by atoms with Gasteiger partial charge in [-0.25, -0.2) is 4.99 Å². The highest BCUT2D eigenvalue weighted by Gasteiger charge is 2.06. The number of carbonyl (C=O) groups is 2. The van der Waals surface area contributed by atoms with Crippen LogP contribution in [0, 0.1) is 0 Å². The van der Waals surface area contributed by atoms with Crippen molar-refractivity contribution in [2.75, 3.05) is 54.5 Å². The van der Waals surface area contributed by atoms with E-state index in [-0.39, 0.29) is 42.3 Å². The number of hydrogen-bond acceptors (Lipinski definition) is 4. The van der Waals surface area contributed by atoms with Crippen molar-refractivity contribution in [3.8, 4) is 0 Å². The van der Waals surface area contributed by atoms with E-state index in [1.165, 1.54) is 4.90 Å². The summed E-state index contributed by atoms with van der Waals surface area (Å²) < 4.78 is 5.02. The van der Waals surface area contributed by atoms with Crippen LogP contribution in [-0.4, -0.2) is 77.2 Å². The van der Waals surface area contributed by atoms with Gasteiger partial charge in [-0.15, -0.1) is 24.0 Å². The lowest BCUT2D eigenvalue weighted by Crippen LogP contribution is -2.40. The van der Waals surface area contributed by atoms with Gasteiger partial charge in [0.05, 0.1) is 6.61 Å². The molecule has 0 spiro atoms. The summed E-state index contributed by atoms with van der Waals surface area (Å²) in [6.45, 7) is 1.81. The molecular formula is C18H30IN5O3. The summed E-state index contributed by atoms with van der Waals surface area (Å²) in [5.41, 5.74) is 1.67. The molecule has 0 aliphatic heterocycles. The van der Waals surface area contributed by atoms with Gasteiger partial charge in [0, 0.05) is 46.9 Å². The molecule has 1 aromatic carbocycles. The average Bonchev–Trinajstić information content (AvgIpc) is 2.64. The van der Waals surface area contributed by atoms with Crippen molar-refractivity contribution >= 4 is 41.8 Å². The first-order chi connectivity index (χ1) is 12.5. The van der Waals surface area contributed by atoms with Crippen molar-refractivity contribution in [3.05, 3.63) is 35.4 Å². The predicted octanol–water partition coefficient (Wildman–Crippen LogP) is 0.477. The standard InChI is InChI=1S/C18H29N5O3.HI/c1-19-17(25)15-7-5-6-14(12-15)8-9-20-18(21-10-11-26-4)22-13-16(24)23(2)3;/h5-7,12H,8-11,13H2,1-4H3,(H,19,25)(H2,20,21,22);1H. The Bertz CT molecular complexity index is 623. The van der Waals surface area contributed by atoms with Crippen molar-refractivity contribution in [2.45, 2.75) is 6.42 Å². The quantitative estimate of drug-likeness (QED) is 0.202. The first-order valence-electron chi connectivity index (χ1n) is 8.50. The summed E-state index contributed by atoms with van der Waals surface area (Å²) in [5.74, 6) is 0.376. The van der Waals surface area contributed by atoms with Crippen LogP contribution in [0.15, 0.2) is 29.3 Å². The maximum absolute atomic E-state index is 11.7. The van der Waals surface area contributed by atoms with Gasteiger partial charge >= 0.3 is 0 Å². The van der Waals surface area contributed by atoms with Gasteiger partial charge in [-0.3, -0.25) is 9.59 Å². The Morgan fingerprint density at radius 2 is 1.89 bits per heavy atom. The minimum Gasteiger partial charge on any atom is -0.383 e. The third-order valence-corrected chi connectivity index (χ3v) is 3.59. The average molecular weight is 491 g/mol. The topological polar surface area (TPSA) is 95.1 Å². The lowest BCUT2D eigenvalue weighted by molar-refractivity contribution is -0.127. The highest BCUT2D eigenvalue weighted by atomic mass is 127. The molecule has 0 saturated carbocycles. The zero-order chi connectivity index (χ0) is 19.4. The smallest absolute Gasteiger partial charge is 0.251 e. The van der Waals surface area contributed by atoms with E-state index in [0.29, 0.717) is 31.2 Å². The number of ether oxygens (including phenoxy) is 1. The predicted molar refractivity (Wildman–Crippen MR) is 118 cm³/mol. The Morgan fingerprint density at radius 1 is 1.19 bits per heavy atom. The molecule has 0 atom stereocenters. The van der Waals surface area contributed by atoms with Crippen molar-refractivity contribution in [2.24, 2.45) is 4.99 Å². The first kappa shape index (κ1) is 25.1. The van der Waals surface area contributed by atoms with E-state index in [1.807, 2.05) is 18.2 Å². The Kier molecular flexibility index (Phi) is 13.2. The van der Waals surface area contributed by atoms with E-state index in [2.05, 4.69) is 20.9 Å². The normalized spacial score (nSPS) is 10.6. The Labute approximate surface area is 178 Å². The zero-order valence-electron chi connectivity index (χ0n) is 16.4. The summed E-state index contributed by atoms with van der Waals surface area (Å²) in [5, 5.41) is 8.93. The maximum Gasteiger partial charge on any atom is 0.251 e. The van der Waals surface area contributed by atoms with Crippen molar-refractivity contribution < 1.29 is 14.3 Å². The lowest BCUT2D eigenvalue weighted by Gasteiger charge is -2.14. The molecule has 1 aromatic rings. The molecule has 2 amide bonds. The number of rotatable bonds is 9. The van der Waals surface area contributed by atoms with Crippen LogP contribution in [0.5, 0.6) is 0 Å². The number of nitrogens with zero attached hydrogens (tertiary/aromatic N) is 2. The number of hydrogen-bond donors (Lipinski definition) is 3. The number of carbonyl (C=O) groups excluding carboxylic acids is 2. The summed E-state index contributed by atoms with van der Waals surface area (Å²) in [4.78, 5) is 29.2. The molecule has 0 unspecified atom stereocenters. The second kappa shape index (κ2) is 14.2. The van der Waals surface area contributed by atoms with Crippen LogP contribution < -0.4 is 16.0 Å². The molecule has 8 nitrogen and oxygen atoms in total. The fraction of sp³-hybridized carbons (Fsp3) is 0.500. The highest BCUT2D eigenvalue weighted by molar-refractivity contribution is 14.0. The largest absolute Gasteiger partial charge is 0.383 e. The highest BCUT2D eigenvalue weighted by Crippen LogP contribution is 2.05. The Hall–Kier alpha value is -1.88. The Morgan fingerprint density at radius 3 is 2.52 bits per heavy atom. The zero-order valence-corrected chi connectivity index (χ0v) is 18.7. The van der Waals surface area contributed by atoms with Gasteiger partial charge < -0.3 is 25.6 Å². The molecule has 0 bridgehead atoms. The molecule has 0 fully saturated rings. The fourth-order valence-corrected chi connectivity index (χ4v) is 2.07. The van der Waals surface area contributed by atoms with Gasteiger partial charge in [-0.1, -0.05) is 12.1 Å². The minimum absolute atomic E-state index is 0. The molecular weight excluding hydrogens is 461 g/mol. The van der Waals surface area contributed by atoms with E-state index in [9.17, 15) is 9.59 Å². The van der Waals surface area contributed by atoms with Gasteiger partial charge in [-0.05, 0) is 24.1 Å². The molecule has 27 heavy (non-hydrogen) atoms. The molecule has 0 saturated heterocycles. The maximum atomic E-state index is 11.7. The second-order valence-electron chi connectivity index (χ2n) is 5.83. The summed E-state index contributed by atoms with van der Waals surface area (Å²) in [6, 6.07) is 7.48. The van der Waals surface area contributed by atoms with Crippen molar-refractivity contribution in [1.29, 1.82) is 0 Å². The van der Waals surface area contributed by atoms with Gasteiger partial charge in [-0.2, -0.15) is 0 Å². The third kappa shape index (κ3) is 10.1. The number of guanidine groups is 1. The minimum atomic E-state index is -0.106. The molecule has 9 heteroatoms. The Balaban J connectivity index is 0.00000676. The van der Waals surface area contributed by atoms with Crippen molar-refractivity contribution in [3.63, 3.8) is 0 Å². The number of nitrogens with one attached hydrogen (secondary N) is 3. The van der Waals surface area contributed by atoms with E-state index >= 15 is 0 Å². The molecule has 1 rings (SSSR count). The summed E-state index contributed by atoms with van der Waals surface area (Å²) >= 11 is 0. The number of aliphatic imine (C=N–C) groups is 1. The second-order valence-corrected chi connectivity index (χ2v) is 5.83. The van der Waals surface area contributed by atoms with E-state index in [1.54, 1.807) is 34.3 Å². The lowest BCUT2D eigenvalue weighted by atomic mass is 10.1. The van der Waals surface area contributed by atoms with E-state index in [4.69, 9.17) is 4.74 Å². The number of halogens is 1. The molecule has 0 aromatic heterocycles. The van der Waals surface area contributed by atoms with Gasteiger partial charge in [0.25, 0.3) is 5.91 Å². The monoisotopic (exact) mass is 491 g/mol. The van der Waals surface area contributed by atoms with E-state index < -0.39 is 0 Å². The first-order valence-corrected chi connectivity index (χ1v) is 8.50. The van der Waals surface area contributed by atoms with Gasteiger partial charge in [0.15, 0.2) is 5.96 Å². The van der Waals surface area contributed by atoms with Crippen LogP contribution >= 0.6 is 24.0 Å². The van der Waals surface area contributed by atoms with Crippen LogP contribution in [0.2, 0.25) is 0 Å². The van der Waals surface area contributed by atoms with Crippen LogP contribution in [0.3, 0.4) is 0 Å². The molecule has 152 valence electrons. The summed E-state index contributed by atoms with van der Waals surface area (Å²) in [6.07, 6.45) is 0.720. The summed E-state index contributed by atoms with van der Waals surface area (Å²) in [7, 11) is 6.63.